The number of rotatable bonds is 1. The van der Waals surface area contributed by atoms with Gasteiger partial charge in [-0.1, -0.05) is 11.2 Å². The lowest BCUT2D eigenvalue weighted by Crippen LogP contribution is -2.20. The average molecular weight is 153 g/mol. The van der Waals surface area contributed by atoms with Crippen molar-refractivity contribution < 1.29 is 18.4 Å². The van der Waals surface area contributed by atoms with Crippen LogP contribution in [0.4, 0.5) is 13.2 Å². The summed E-state index contributed by atoms with van der Waals surface area (Å²) in [5, 5.41) is 9.86. The highest BCUT2D eigenvalue weighted by Gasteiger charge is 2.34. The Bertz CT molecular complexity index is 159. The van der Waals surface area contributed by atoms with Gasteiger partial charge in [0.25, 0.3) is 0 Å². The van der Waals surface area contributed by atoms with E-state index in [9.17, 15) is 13.2 Å². The zero-order valence-corrected chi connectivity index (χ0v) is 5.18. The van der Waals surface area contributed by atoms with Crippen LogP contribution in [0.1, 0.15) is 6.92 Å². The molecule has 0 heterocycles. The summed E-state index contributed by atoms with van der Waals surface area (Å²) < 4.78 is 34.7. The van der Waals surface area contributed by atoms with Crippen LogP contribution < -0.4 is 0 Å². The van der Waals surface area contributed by atoms with Crippen LogP contribution in [0.3, 0.4) is 0 Å². The number of hydrogen-bond acceptors (Lipinski definition) is 2. The summed E-state index contributed by atoms with van der Waals surface area (Å²) >= 11 is 0. The molecule has 1 N–H and O–H groups in total. The number of nitrogens with zero attached hydrogens (tertiary/aromatic N) is 1. The van der Waals surface area contributed by atoms with Gasteiger partial charge in [-0.15, -0.1) is 0 Å². The predicted octanol–water partition coefficient (Wildman–Crippen LogP) is 1.95. The van der Waals surface area contributed by atoms with Gasteiger partial charge in [0.05, 0.1) is 0 Å². The van der Waals surface area contributed by atoms with Crippen molar-refractivity contribution in [1.82, 2.24) is 0 Å². The minimum Gasteiger partial charge on any atom is -0.410 e. The van der Waals surface area contributed by atoms with E-state index in [2.05, 4.69) is 5.16 Å². The van der Waals surface area contributed by atoms with Gasteiger partial charge in [-0.25, -0.2) is 0 Å². The van der Waals surface area contributed by atoms with Gasteiger partial charge in [0.15, 0.2) is 5.71 Å². The number of hydrogen-bond donors (Lipinski definition) is 1. The average Bonchev–Trinajstić information content (AvgIpc) is 1.80. The van der Waals surface area contributed by atoms with Gasteiger partial charge in [-0.2, -0.15) is 13.2 Å². The van der Waals surface area contributed by atoms with Gasteiger partial charge in [0, 0.05) is 0 Å². The quantitative estimate of drug-likeness (QED) is 0.348. The minimum absolute atomic E-state index is 0.681. The topological polar surface area (TPSA) is 32.6 Å². The Labute approximate surface area is 55.6 Å². The molecule has 0 radical (unpaired) electrons. The van der Waals surface area contributed by atoms with Crippen LogP contribution >= 0.6 is 0 Å². The van der Waals surface area contributed by atoms with Gasteiger partial charge < -0.3 is 5.21 Å². The first-order chi connectivity index (χ1) is 4.52. The molecule has 0 aromatic rings. The van der Waals surface area contributed by atoms with E-state index >= 15 is 0 Å². The van der Waals surface area contributed by atoms with Crippen molar-refractivity contribution in [2.24, 2.45) is 5.16 Å². The highest BCUT2D eigenvalue weighted by molar-refractivity contribution is 5.98. The minimum atomic E-state index is -4.57. The molecule has 0 rings (SSSR count). The van der Waals surface area contributed by atoms with E-state index in [-0.39, 0.29) is 0 Å². The first-order valence-electron chi connectivity index (χ1n) is 2.44. The molecule has 0 amide bonds. The zero-order chi connectivity index (χ0) is 8.20. The van der Waals surface area contributed by atoms with Gasteiger partial charge in [0.2, 0.25) is 0 Å². The molecule has 0 saturated carbocycles. The van der Waals surface area contributed by atoms with Gasteiger partial charge in [0.1, 0.15) is 0 Å². The normalized spacial score (nSPS) is 14.6. The number of alkyl halides is 3. The molecule has 0 unspecified atom stereocenters. The molecule has 0 aromatic carbocycles. The van der Waals surface area contributed by atoms with Crippen molar-refractivity contribution in [2.45, 2.75) is 13.1 Å². The van der Waals surface area contributed by atoms with Crippen LogP contribution in [0, 0.1) is 0 Å². The summed E-state index contributed by atoms with van der Waals surface area (Å²) in [7, 11) is 0. The molecule has 0 aliphatic rings. The monoisotopic (exact) mass is 153 g/mol. The van der Waals surface area contributed by atoms with E-state index < -0.39 is 11.9 Å². The van der Waals surface area contributed by atoms with E-state index in [4.69, 9.17) is 5.21 Å². The Morgan fingerprint density at radius 3 is 2.10 bits per heavy atom. The van der Waals surface area contributed by atoms with E-state index in [0.29, 0.717) is 6.08 Å². The van der Waals surface area contributed by atoms with Crippen molar-refractivity contribution >= 4 is 5.71 Å². The molecular formula is C5H6F3NO. The van der Waals surface area contributed by atoms with Crippen molar-refractivity contribution in [3.05, 3.63) is 12.2 Å². The fraction of sp³-hybridized carbons (Fsp3) is 0.400. The number of allylic oxidation sites excluding steroid dienone is 2. The maximum Gasteiger partial charge on any atom is 0.436 e. The lowest BCUT2D eigenvalue weighted by atomic mass is 10.3. The third-order valence-corrected chi connectivity index (χ3v) is 0.723. The van der Waals surface area contributed by atoms with E-state index in [1.807, 2.05) is 0 Å². The lowest BCUT2D eigenvalue weighted by Gasteiger charge is -2.01. The molecule has 2 nitrogen and oxygen atoms in total. The molecule has 0 bridgehead atoms. The zero-order valence-electron chi connectivity index (χ0n) is 5.18. The molecule has 0 saturated heterocycles. The summed E-state index contributed by atoms with van der Waals surface area (Å²) in [6.45, 7) is 1.40. The van der Waals surface area contributed by atoms with Crippen LogP contribution in [0.15, 0.2) is 17.3 Å². The van der Waals surface area contributed by atoms with E-state index in [0.717, 1.165) is 6.08 Å². The van der Waals surface area contributed by atoms with Gasteiger partial charge in [-0.3, -0.25) is 0 Å². The summed E-state index contributed by atoms with van der Waals surface area (Å²) in [6, 6.07) is 0. The van der Waals surface area contributed by atoms with Crippen LogP contribution in [0.25, 0.3) is 0 Å². The summed E-state index contributed by atoms with van der Waals surface area (Å²) in [5.41, 5.74) is -1.30. The third kappa shape index (κ3) is 2.52. The third-order valence-electron chi connectivity index (χ3n) is 0.723. The Balaban J connectivity index is 4.39. The molecule has 0 spiro atoms. The Hall–Kier alpha value is -1.00. The van der Waals surface area contributed by atoms with E-state index in [1.54, 1.807) is 0 Å². The standard InChI is InChI=1S/C5H6F3NO/c1-2-3-4(9-10)5(6,7)8/h2-3,10H,1H3/b3-2-,9-4+. The van der Waals surface area contributed by atoms with Crippen LogP contribution in [-0.2, 0) is 0 Å². The molecule has 0 fully saturated rings. The second-order valence-electron chi connectivity index (χ2n) is 1.48. The van der Waals surface area contributed by atoms with Crippen LogP contribution in [-0.4, -0.2) is 17.1 Å². The molecule has 0 aliphatic carbocycles. The largest absolute Gasteiger partial charge is 0.436 e. The summed E-state index contributed by atoms with van der Waals surface area (Å²) in [4.78, 5) is 0. The van der Waals surface area contributed by atoms with Gasteiger partial charge in [-0.05, 0) is 13.0 Å². The predicted molar refractivity (Wildman–Crippen MR) is 30.1 cm³/mol. The fourth-order valence-corrected chi connectivity index (χ4v) is 0.342. The smallest absolute Gasteiger partial charge is 0.410 e. The first kappa shape index (κ1) is 9.00. The molecule has 0 atom stereocenters. The van der Waals surface area contributed by atoms with Crippen molar-refractivity contribution in [1.29, 1.82) is 0 Å². The molecule has 58 valence electrons. The molecule has 10 heavy (non-hydrogen) atoms. The molecule has 0 aliphatic heterocycles. The molecule has 5 heteroatoms. The van der Waals surface area contributed by atoms with Gasteiger partial charge >= 0.3 is 6.18 Å². The maximum atomic E-state index is 11.6. The van der Waals surface area contributed by atoms with E-state index in [1.165, 1.54) is 6.92 Å². The highest BCUT2D eigenvalue weighted by Crippen LogP contribution is 2.17. The SMILES string of the molecule is C/C=C\C(=N/O)C(F)(F)F. The maximum absolute atomic E-state index is 11.6. The summed E-state index contributed by atoms with van der Waals surface area (Å²) in [6.07, 6.45) is -2.75. The molecular weight excluding hydrogens is 147 g/mol. The number of halogens is 3. The van der Waals surface area contributed by atoms with Crippen molar-refractivity contribution in [3.8, 4) is 0 Å². The lowest BCUT2D eigenvalue weighted by molar-refractivity contribution is -0.0597. The van der Waals surface area contributed by atoms with Crippen LogP contribution in [0.5, 0.6) is 0 Å². The Kier molecular flexibility index (Phi) is 2.92. The fourth-order valence-electron chi connectivity index (χ4n) is 0.342. The Morgan fingerprint density at radius 2 is 2.00 bits per heavy atom. The first-order valence-corrected chi connectivity index (χ1v) is 2.44. The number of oxime groups is 1. The second-order valence-corrected chi connectivity index (χ2v) is 1.48. The second kappa shape index (κ2) is 3.24. The molecule has 0 aromatic heterocycles. The van der Waals surface area contributed by atoms with Crippen molar-refractivity contribution in [3.63, 3.8) is 0 Å². The van der Waals surface area contributed by atoms with Crippen LogP contribution in [0.2, 0.25) is 0 Å². The Morgan fingerprint density at radius 1 is 1.50 bits per heavy atom. The van der Waals surface area contributed by atoms with Crippen molar-refractivity contribution in [2.75, 3.05) is 0 Å². The summed E-state index contributed by atoms with van der Waals surface area (Å²) in [5.74, 6) is 0. The highest BCUT2D eigenvalue weighted by atomic mass is 19.4.